The van der Waals surface area contributed by atoms with Crippen LogP contribution in [0.2, 0.25) is 0 Å². The molecule has 0 radical (unpaired) electrons. The van der Waals surface area contributed by atoms with Crippen molar-refractivity contribution in [3.05, 3.63) is 59.4 Å². The van der Waals surface area contributed by atoms with Crippen molar-refractivity contribution in [2.24, 2.45) is 0 Å². The molecular weight excluding hydrogens is 324 g/mol. The lowest BCUT2D eigenvalue weighted by Crippen LogP contribution is -2.15. The minimum atomic E-state index is -0.144. The van der Waals surface area contributed by atoms with Crippen molar-refractivity contribution >= 4 is 28.0 Å². The fraction of sp³-hybridized carbons (Fsp3) is 0.118. The number of hydrogen-bond acceptors (Lipinski definition) is 5. The first-order chi connectivity index (χ1) is 11.7. The fourth-order valence-electron chi connectivity index (χ4n) is 2.45. The van der Waals surface area contributed by atoms with Gasteiger partial charge in [-0.1, -0.05) is 35.0 Å². The van der Waals surface area contributed by atoms with Crippen molar-refractivity contribution in [1.29, 1.82) is 0 Å². The predicted octanol–water partition coefficient (Wildman–Crippen LogP) is 3.54. The highest BCUT2D eigenvalue weighted by Crippen LogP contribution is 2.24. The second-order valence-electron chi connectivity index (χ2n) is 5.48. The number of amides is 1. The van der Waals surface area contributed by atoms with Gasteiger partial charge < -0.3 is 9.84 Å². The van der Waals surface area contributed by atoms with Crippen LogP contribution in [0, 0.1) is 6.92 Å². The molecule has 3 aromatic heterocycles. The van der Waals surface area contributed by atoms with Crippen molar-refractivity contribution in [1.82, 2.24) is 14.5 Å². The Balaban J connectivity index is 1.58. The van der Waals surface area contributed by atoms with Crippen molar-refractivity contribution < 1.29 is 9.32 Å². The Bertz CT molecular complexity index is 984. The van der Waals surface area contributed by atoms with Crippen molar-refractivity contribution in [3.8, 4) is 11.3 Å². The SMILES string of the molecule is Cc1ccc(-c2cn3c(CC(=O)Nc4ccon4)csc3n2)cc1. The van der Waals surface area contributed by atoms with E-state index in [2.05, 4.69) is 46.6 Å². The lowest BCUT2D eigenvalue weighted by Gasteiger charge is -2.00. The van der Waals surface area contributed by atoms with E-state index in [1.165, 1.54) is 23.2 Å². The van der Waals surface area contributed by atoms with Gasteiger partial charge in [-0.15, -0.1) is 11.3 Å². The minimum absolute atomic E-state index is 0.144. The number of benzene rings is 1. The first-order valence-electron chi connectivity index (χ1n) is 7.42. The Kier molecular flexibility index (Phi) is 3.62. The molecule has 0 aliphatic carbocycles. The maximum absolute atomic E-state index is 12.1. The normalized spacial score (nSPS) is 11.0. The average Bonchev–Trinajstić information content (AvgIpc) is 3.27. The van der Waals surface area contributed by atoms with Crippen LogP contribution < -0.4 is 5.32 Å². The largest absolute Gasteiger partial charge is 0.363 e. The highest BCUT2D eigenvalue weighted by Gasteiger charge is 2.13. The molecule has 4 rings (SSSR count). The third kappa shape index (κ3) is 2.81. The van der Waals surface area contributed by atoms with Crippen molar-refractivity contribution in [2.45, 2.75) is 13.3 Å². The molecule has 0 atom stereocenters. The number of anilines is 1. The van der Waals surface area contributed by atoms with E-state index in [1.807, 2.05) is 16.0 Å². The molecule has 6 nitrogen and oxygen atoms in total. The Morgan fingerprint density at radius 3 is 2.88 bits per heavy atom. The molecule has 0 fully saturated rings. The Labute approximate surface area is 141 Å². The summed E-state index contributed by atoms with van der Waals surface area (Å²) in [4.78, 5) is 17.6. The number of fused-ring (bicyclic) bond motifs is 1. The van der Waals surface area contributed by atoms with E-state index >= 15 is 0 Å². The number of imidazole rings is 1. The predicted molar refractivity (Wildman–Crippen MR) is 92.1 cm³/mol. The lowest BCUT2D eigenvalue weighted by molar-refractivity contribution is -0.115. The number of hydrogen-bond donors (Lipinski definition) is 1. The van der Waals surface area contributed by atoms with Crippen LogP contribution in [-0.4, -0.2) is 20.4 Å². The summed E-state index contributed by atoms with van der Waals surface area (Å²) in [5, 5.41) is 8.32. The molecule has 0 spiro atoms. The van der Waals surface area contributed by atoms with Crippen LogP contribution in [-0.2, 0) is 11.2 Å². The smallest absolute Gasteiger partial charge is 0.231 e. The monoisotopic (exact) mass is 338 g/mol. The van der Waals surface area contributed by atoms with Crippen LogP contribution in [0.25, 0.3) is 16.2 Å². The number of thiazole rings is 1. The van der Waals surface area contributed by atoms with Gasteiger partial charge in [0.15, 0.2) is 10.8 Å². The van der Waals surface area contributed by atoms with Crippen LogP contribution in [0.1, 0.15) is 11.3 Å². The zero-order chi connectivity index (χ0) is 16.5. The van der Waals surface area contributed by atoms with Crippen molar-refractivity contribution in [2.75, 3.05) is 5.32 Å². The highest BCUT2D eigenvalue weighted by molar-refractivity contribution is 7.15. The van der Waals surface area contributed by atoms with E-state index < -0.39 is 0 Å². The molecule has 1 aromatic carbocycles. The van der Waals surface area contributed by atoms with Gasteiger partial charge in [0.2, 0.25) is 5.91 Å². The summed E-state index contributed by atoms with van der Waals surface area (Å²) in [7, 11) is 0. The molecule has 24 heavy (non-hydrogen) atoms. The molecule has 1 N–H and O–H groups in total. The summed E-state index contributed by atoms with van der Waals surface area (Å²) in [6.45, 7) is 2.06. The lowest BCUT2D eigenvalue weighted by atomic mass is 10.1. The molecule has 0 bridgehead atoms. The van der Waals surface area contributed by atoms with Gasteiger partial charge in [-0.25, -0.2) is 4.98 Å². The molecule has 7 heteroatoms. The summed E-state index contributed by atoms with van der Waals surface area (Å²) >= 11 is 1.52. The van der Waals surface area contributed by atoms with Gasteiger partial charge in [0.1, 0.15) is 6.26 Å². The molecule has 3 heterocycles. The quantitative estimate of drug-likeness (QED) is 0.618. The van der Waals surface area contributed by atoms with Crippen LogP contribution in [0.15, 0.2) is 52.7 Å². The van der Waals surface area contributed by atoms with Gasteiger partial charge in [0, 0.05) is 28.9 Å². The first-order valence-corrected chi connectivity index (χ1v) is 8.30. The van der Waals surface area contributed by atoms with Gasteiger partial charge in [0.05, 0.1) is 12.1 Å². The molecule has 0 aliphatic rings. The molecule has 1 amide bonds. The van der Waals surface area contributed by atoms with Gasteiger partial charge >= 0.3 is 0 Å². The maximum Gasteiger partial charge on any atom is 0.231 e. The Hall–Kier alpha value is -2.93. The number of aromatic nitrogens is 3. The molecule has 0 aliphatic heterocycles. The number of aryl methyl sites for hydroxylation is 1. The summed E-state index contributed by atoms with van der Waals surface area (Å²) in [5.41, 5.74) is 4.07. The van der Waals surface area contributed by atoms with Crippen LogP contribution in [0.4, 0.5) is 5.82 Å². The topological polar surface area (TPSA) is 72.4 Å². The van der Waals surface area contributed by atoms with Crippen LogP contribution in [0.5, 0.6) is 0 Å². The molecule has 0 saturated heterocycles. The van der Waals surface area contributed by atoms with Crippen molar-refractivity contribution in [3.63, 3.8) is 0 Å². The van der Waals surface area contributed by atoms with Gasteiger partial charge in [-0.2, -0.15) is 0 Å². The van der Waals surface area contributed by atoms with Gasteiger partial charge in [-0.3, -0.25) is 9.20 Å². The minimum Gasteiger partial charge on any atom is -0.363 e. The molecule has 4 aromatic rings. The van der Waals surface area contributed by atoms with Gasteiger partial charge in [-0.05, 0) is 6.92 Å². The Morgan fingerprint density at radius 2 is 2.12 bits per heavy atom. The van der Waals surface area contributed by atoms with Crippen LogP contribution in [0.3, 0.4) is 0 Å². The number of carbonyl (C=O) groups is 1. The second-order valence-corrected chi connectivity index (χ2v) is 6.32. The van der Waals surface area contributed by atoms with E-state index in [0.29, 0.717) is 5.82 Å². The second kappa shape index (κ2) is 5.93. The third-order valence-corrected chi connectivity index (χ3v) is 4.57. The maximum atomic E-state index is 12.1. The number of carbonyl (C=O) groups excluding carboxylic acids is 1. The highest BCUT2D eigenvalue weighted by atomic mass is 32.1. The first kappa shape index (κ1) is 14.6. The molecule has 0 unspecified atom stereocenters. The van der Waals surface area contributed by atoms with E-state index in [-0.39, 0.29) is 12.3 Å². The zero-order valence-electron chi connectivity index (χ0n) is 12.9. The molecular formula is C17H14N4O2S. The summed E-state index contributed by atoms with van der Waals surface area (Å²) < 4.78 is 6.66. The Morgan fingerprint density at radius 1 is 1.29 bits per heavy atom. The van der Waals surface area contributed by atoms with E-state index in [1.54, 1.807) is 6.07 Å². The van der Waals surface area contributed by atoms with Gasteiger partial charge in [0.25, 0.3) is 0 Å². The summed E-state index contributed by atoms with van der Waals surface area (Å²) in [6, 6.07) is 9.84. The zero-order valence-corrected chi connectivity index (χ0v) is 13.7. The fourth-order valence-corrected chi connectivity index (χ4v) is 3.32. The van der Waals surface area contributed by atoms with E-state index in [4.69, 9.17) is 4.52 Å². The number of rotatable bonds is 4. The number of nitrogens with zero attached hydrogens (tertiary/aromatic N) is 3. The number of nitrogens with one attached hydrogen (secondary N) is 1. The summed E-state index contributed by atoms with van der Waals surface area (Å²) in [5.74, 6) is 0.270. The molecule has 120 valence electrons. The average molecular weight is 338 g/mol. The molecule has 0 saturated carbocycles. The van der Waals surface area contributed by atoms with E-state index in [0.717, 1.165) is 21.9 Å². The van der Waals surface area contributed by atoms with E-state index in [9.17, 15) is 4.79 Å². The van der Waals surface area contributed by atoms with Crippen LogP contribution >= 0.6 is 11.3 Å². The standard InChI is InChI=1S/C17H14N4O2S/c1-11-2-4-12(5-3-11)14-9-21-13(10-24-17(21)18-14)8-16(22)19-15-6-7-23-20-15/h2-7,9-10H,8H2,1H3,(H,19,20,22). The third-order valence-electron chi connectivity index (χ3n) is 3.68. The summed E-state index contributed by atoms with van der Waals surface area (Å²) in [6.07, 6.45) is 3.63.